The second kappa shape index (κ2) is 7.99. The van der Waals surface area contributed by atoms with Gasteiger partial charge in [-0.25, -0.2) is 0 Å². The maximum atomic E-state index is 12.6. The topological polar surface area (TPSA) is 35.6 Å². The van der Waals surface area contributed by atoms with Gasteiger partial charge in [0, 0.05) is 19.1 Å². The average Bonchev–Trinajstić information content (AvgIpc) is 2.79. The fourth-order valence-corrected chi connectivity index (χ4v) is 3.67. The molecule has 2 aliphatic rings. The van der Waals surface area contributed by atoms with E-state index in [9.17, 15) is 4.79 Å². The Labute approximate surface area is 123 Å². The van der Waals surface area contributed by atoms with E-state index in [0.717, 1.165) is 38.9 Å². The molecule has 20 heavy (non-hydrogen) atoms. The highest BCUT2D eigenvalue weighted by molar-refractivity contribution is 5.82. The number of rotatable bonds is 4. The molecule has 0 radical (unpaired) electrons. The van der Waals surface area contributed by atoms with Crippen LogP contribution in [0.3, 0.4) is 0 Å². The smallest absolute Gasteiger partial charge is 0.239 e. The molecule has 2 saturated heterocycles. The highest BCUT2D eigenvalue weighted by Crippen LogP contribution is 2.20. The van der Waals surface area contributed by atoms with Gasteiger partial charge in [-0.2, -0.15) is 0 Å². The van der Waals surface area contributed by atoms with Crippen molar-refractivity contribution in [3.8, 4) is 0 Å². The minimum Gasteiger partial charge on any atom is -0.340 e. The average molecular weight is 281 g/mol. The van der Waals surface area contributed by atoms with Crippen LogP contribution in [0.1, 0.15) is 51.9 Å². The van der Waals surface area contributed by atoms with Gasteiger partial charge < -0.3 is 10.2 Å². The normalized spacial score (nSPS) is 30.1. The number of carbonyl (C=O) groups excluding carboxylic acids is 1. The van der Waals surface area contributed by atoms with Gasteiger partial charge in [0.2, 0.25) is 5.91 Å². The van der Waals surface area contributed by atoms with E-state index in [1.807, 2.05) is 7.05 Å². The Hall–Kier alpha value is -0.610. The molecule has 2 heterocycles. The van der Waals surface area contributed by atoms with E-state index in [0.29, 0.717) is 11.9 Å². The number of likely N-dealkylation sites (N-methyl/N-ethyl adjacent to an activating group) is 2. The first-order valence-corrected chi connectivity index (χ1v) is 8.46. The Balaban J connectivity index is 1.99. The van der Waals surface area contributed by atoms with Crippen molar-refractivity contribution in [3.63, 3.8) is 0 Å². The molecule has 1 N–H and O–H groups in total. The highest BCUT2D eigenvalue weighted by atomic mass is 16.2. The molecule has 2 aliphatic heterocycles. The summed E-state index contributed by atoms with van der Waals surface area (Å²) in [7, 11) is 1.91. The lowest BCUT2D eigenvalue weighted by Crippen LogP contribution is -2.50. The predicted octanol–water partition coefficient (Wildman–Crippen LogP) is 1.85. The summed E-state index contributed by atoms with van der Waals surface area (Å²) in [5.74, 6) is 0.324. The molecule has 0 aromatic heterocycles. The van der Waals surface area contributed by atoms with Gasteiger partial charge in [-0.15, -0.1) is 0 Å². The molecule has 0 saturated carbocycles. The van der Waals surface area contributed by atoms with E-state index < -0.39 is 0 Å². The summed E-state index contributed by atoms with van der Waals surface area (Å²) >= 11 is 0. The van der Waals surface area contributed by atoms with Crippen molar-refractivity contribution >= 4 is 5.91 Å². The van der Waals surface area contributed by atoms with E-state index in [4.69, 9.17) is 0 Å². The fourth-order valence-electron chi connectivity index (χ4n) is 3.67. The van der Waals surface area contributed by atoms with Crippen molar-refractivity contribution in [2.24, 2.45) is 0 Å². The molecule has 0 aliphatic carbocycles. The molecule has 2 atom stereocenters. The second-order valence-electron chi connectivity index (χ2n) is 6.25. The van der Waals surface area contributed by atoms with Gasteiger partial charge in [0.05, 0.1) is 6.04 Å². The van der Waals surface area contributed by atoms with Gasteiger partial charge in [0.25, 0.3) is 0 Å². The van der Waals surface area contributed by atoms with Crippen LogP contribution in [0, 0.1) is 0 Å². The van der Waals surface area contributed by atoms with Crippen LogP contribution in [0.15, 0.2) is 0 Å². The number of amides is 1. The van der Waals surface area contributed by atoms with Gasteiger partial charge in [0.15, 0.2) is 0 Å². The van der Waals surface area contributed by atoms with E-state index in [1.54, 1.807) is 0 Å². The van der Waals surface area contributed by atoms with Crippen LogP contribution in [-0.4, -0.2) is 61.0 Å². The third-order valence-electron chi connectivity index (χ3n) is 4.97. The van der Waals surface area contributed by atoms with Crippen LogP contribution in [0.2, 0.25) is 0 Å². The minimum absolute atomic E-state index is 0.0401. The predicted molar refractivity (Wildman–Crippen MR) is 82.8 cm³/mol. The van der Waals surface area contributed by atoms with Gasteiger partial charge in [-0.3, -0.25) is 9.69 Å². The molecule has 0 bridgehead atoms. The van der Waals surface area contributed by atoms with Crippen molar-refractivity contribution in [1.29, 1.82) is 0 Å². The maximum Gasteiger partial charge on any atom is 0.239 e. The van der Waals surface area contributed by atoms with Crippen molar-refractivity contribution in [1.82, 2.24) is 15.1 Å². The number of nitrogens with zero attached hydrogens (tertiary/aromatic N) is 2. The van der Waals surface area contributed by atoms with E-state index in [1.165, 1.54) is 32.2 Å². The van der Waals surface area contributed by atoms with Crippen LogP contribution in [-0.2, 0) is 4.79 Å². The molecule has 0 spiro atoms. The Bertz CT molecular complexity index is 308. The molecule has 0 aromatic carbocycles. The Morgan fingerprint density at radius 2 is 1.85 bits per heavy atom. The first-order chi connectivity index (χ1) is 9.76. The lowest BCUT2D eigenvalue weighted by molar-refractivity contribution is -0.133. The fraction of sp³-hybridized carbons (Fsp3) is 0.938. The molecule has 1 amide bonds. The zero-order valence-electron chi connectivity index (χ0n) is 13.2. The van der Waals surface area contributed by atoms with Gasteiger partial charge in [-0.1, -0.05) is 19.8 Å². The number of likely N-dealkylation sites (tertiary alicyclic amines) is 2. The lowest BCUT2D eigenvalue weighted by atomic mass is 10.1. The summed E-state index contributed by atoms with van der Waals surface area (Å²) in [5.41, 5.74) is 0. The zero-order chi connectivity index (χ0) is 14.4. The Morgan fingerprint density at radius 3 is 2.60 bits per heavy atom. The first-order valence-electron chi connectivity index (χ1n) is 8.46. The van der Waals surface area contributed by atoms with Gasteiger partial charge >= 0.3 is 0 Å². The zero-order valence-corrected chi connectivity index (χ0v) is 13.2. The SMILES string of the molecule is CCN1CCCCCC1CN1CCCCC(NC)C1=O. The number of carbonyl (C=O) groups is 1. The molecule has 2 rings (SSSR count). The van der Waals surface area contributed by atoms with Gasteiger partial charge in [0.1, 0.15) is 0 Å². The molecule has 4 heteroatoms. The maximum absolute atomic E-state index is 12.6. The standard InChI is InChI=1S/C16H31N3O/c1-3-18-11-7-4-5-9-14(18)13-19-12-8-6-10-15(17-2)16(19)20/h14-15,17H,3-13H2,1-2H3. The summed E-state index contributed by atoms with van der Waals surface area (Å²) in [4.78, 5) is 17.3. The summed E-state index contributed by atoms with van der Waals surface area (Å²) in [6, 6.07) is 0.611. The summed E-state index contributed by atoms with van der Waals surface area (Å²) in [5, 5.41) is 3.19. The molecule has 116 valence electrons. The van der Waals surface area contributed by atoms with Crippen LogP contribution in [0.25, 0.3) is 0 Å². The van der Waals surface area contributed by atoms with Crippen molar-refractivity contribution in [3.05, 3.63) is 0 Å². The monoisotopic (exact) mass is 281 g/mol. The van der Waals surface area contributed by atoms with E-state index >= 15 is 0 Å². The minimum atomic E-state index is 0.0401. The van der Waals surface area contributed by atoms with Crippen molar-refractivity contribution in [2.45, 2.75) is 64.0 Å². The highest BCUT2D eigenvalue weighted by Gasteiger charge is 2.29. The molecule has 0 aromatic rings. The summed E-state index contributed by atoms with van der Waals surface area (Å²) in [6.07, 6.45) is 8.55. The largest absolute Gasteiger partial charge is 0.340 e. The second-order valence-corrected chi connectivity index (χ2v) is 6.25. The van der Waals surface area contributed by atoms with Crippen LogP contribution in [0.5, 0.6) is 0 Å². The molecule has 2 unspecified atom stereocenters. The van der Waals surface area contributed by atoms with E-state index in [2.05, 4.69) is 22.0 Å². The molecular weight excluding hydrogens is 250 g/mol. The molecular formula is C16H31N3O. The summed E-state index contributed by atoms with van der Waals surface area (Å²) in [6.45, 7) is 6.45. The number of hydrogen-bond acceptors (Lipinski definition) is 3. The van der Waals surface area contributed by atoms with Crippen LogP contribution >= 0.6 is 0 Å². The lowest BCUT2D eigenvalue weighted by Gasteiger charge is -2.34. The quantitative estimate of drug-likeness (QED) is 0.854. The van der Waals surface area contributed by atoms with Crippen molar-refractivity contribution < 1.29 is 4.79 Å². The number of nitrogens with one attached hydrogen (secondary N) is 1. The number of hydrogen-bond donors (Lipinski definition) is 1. The Morgan fingerprint density at radius 1 is 1.10 bits per heavy atom. The van der Waals surface area contributed by atoms with E-state index in [-0.39, 0.29) is 6.04 Å². The third-order valence-corrected chi connectivity index (χ3v) is 4.97. The molecule has 2 fully saturated rings. The van der Waals surface area contributed by atoms with Crippen LogP contribution < -0.4 is 5.32 Å². The van der Waals surface area contributed by atoms with Crippen LogP contribution in [0.4, 0.5) is 0 Å². The molecule has 4 nitrogen and oxygen atoms in total. The van der Waals surface area contributed by atoms with Crippen molar-refractivity contribution in [2.75, 3.05) is 33.2 Å². The first kappa shape index (κ1) is 15.8. The van der Waals surface area contributed by atoms with Gasteiger partial charge in [-0.05, 0) is 52.2 Å². The summed E-state index contributed by atoms with van der Waals surface area (Å²) < 4.78 is 0. The Kier molecular flexibility index (Phi) is 6.30. The third kappa shape index (κ3) is 3.95.